The number of aliphatic hydroxyl groups excluding tert-OH is 1. The fourth-order valence-electron chi connectivity index (χ4n) is 3.46. The average Bonchev–Trinajstić information content (AvgIpc) is 2.52. The number of nitroso groups, excluding NO2 is 1. The van der Waals surface area contributed by atoms with Gasteiger partial charge in [-0.1, -0.05) is 32.5 Å². The van der Waals surface area contributed by atoms with Gasteiger partial charge in [-0.2, -0.15) is 4.91 Å². The topological polar surface area (TPSA) is 99.8 Å². The molecular formula is C18H30N2O4. The Morgan fingerprint density at radius 3 is 2.25 bits per heavy atom. The molecule has 6 heteroatoms. The van der Waals surface area contributed by atoms with Crippen LogP contribution in [0.3, 0.4) is 0 Å². The van der Waals surface area contributed by atoms with E-state index in [1.807, 2.05) is 6.92 Å². The van der Waals surface area contributed by atoms with Crippen molar-refractivity contribution in [2.24, 2.45) is 28.8 Å². The highest BCUT2D eigenvalue weighted by atomic mass is 16.5. The van der Waals surface area contributed by atoms with Crippen LogP contribution in [0.4, 0.5) is 0 Å². The monoisotopic (exact) mass is 338 g/mol. The molecule has 1 N–H and O–H groups in total. The Kier molecular flexibility index (Phi) is 10.1. The zero-order chi connectivity index (χ0) is 18.9. The summed E-state index contributed by atoms with van der Waals surface area (Å²) in [6.45, 7) is 13.3. The smallest absolute Gasteiger partial charge is 0.349 e. The number of hydrogen-bond acceptors (Lipinski definition) is 6. The minimum atomic E-state index is -0.750. The van der Waals surface area contributed by atoms with Crippen molar-refractivity contribution in [2.75, 3.05) is 0 Å². The summed E-state index contributed by atoms with van der Waals surface area (Å²) in [5.41, 5.74) is 0.206. The first-order valence-electron chi connectivity index (χ1n) is 8.50. The van der Waals surface area contributed by atoms with Crippen LogP contribution in [0, 0.1) is 40.1 Å². The van der Waals surface area contributed by atoms with Crippen LogP contribution in [0.15, 0.2) is 17.3 Å². The maximum atomic E-state index is 11.9. The number of nitrogens with zero attached hydrogens (tertiary/aromatic N) is 2. The molecule has 0 saturated carbocycles. The molecule has 0 heterocycles. The Labute approximate surface area is 144 Å². The highest BCUT2D eigenvalue weighted by Gasteiger charge is 2.37. The third-order valence-corrected chi connectivity index (χ3v) is 4.76. The van der Waals surface area contributed by atoms with Crippen LogP contribution in [0.25, 0.3) is 0 Å². The summed E-state index contributed by atoms with van der Waals surface area (Å²) in [4.78, 5) is 22.5. The Bertz CT molecular complexity index is 468. The zero-order valence-electron chi connectivity index (χ0n) is 15.4. The number of carbonyl (C=O) groups is 1. The molecule has 0 aliphatic rings. The second kappa shape index (κ2) is 10.9. The van der Waals surface area contributed by atoms with E-state index in [9.17, 15) is 14.8 Å². The van der Waals surface area contributed by atoms with Gasteiger partial charge in [0.25, 0.3) is 6.26 Å². The lowest BCUT2D eigenvalue weighted by atomic mass is 9.68. The van der Waals surface area contributed by atoms with Gasteiger partial charge in [0.2, 0.25) is 0 Å². The molecular weight excluding hydrogens is 308 g/mol. The maximum absolute atomic E-state index is 11.9. The standard InChI is InChI=1S/C18H30N2O4/c1-7-15(13(5)18(22)24-10-19)17(14(6)21)16(11(2)3)9-8-12(4)20-23/h11-12,14-17,21H,5,7-9H2,1-4,6H3/t12?,14?,15?,16-,17?/m0/s1. The van der Waals surface area contributed by atoms with Gasteiger partial charge in [-0.05, 0) is 56.8 Å². The van der Waals surface area contributed by atoms with E-state index in [2.05, 4.69) is 30.3 Å². The Morgan fingerprint density at radius 1 is 1.29 bits per heavy atom. The minimum Gasteiger partial charge on any atom is -0.393 e. The SMILES string of the molecule is C=C(C(=O)OC#N)C(CC)C(C(C)O)[C@@H](CCC(C)N=O)C(C)C. The van der Waals surface area contributed by atoms with Gasteiger partial charge in [0.1, 0.15) is 0 Å². The van der Waals surface area contributed by atoms with Gasteiger partial charge in [-0.3, -0.25) is 0 Å². The lowest BCUT2D eigenvalue weighted by Crippen LogP contribution is -2.37. The first kappa shape index (κ1) is 22.3. The van der Waals surface area contributed by atoms with Crippen molar-refractivity contribution >= 4 is 5.97 Å². The second-order valence-electron chi connectivity index (χ2n) is 6.78. The lowest BCUT2D eigenvalue weighted by Gasteiger charge is -2.38. The van der Waals surface area contributed by atoms with Crippen LogP contribution in [0.1, 0.15) is 53.9 Å². The minimum absolute atomic E-state index is 0.0887. The average molecular weight is 338 g/mol. The number of carbonyl (C=O) groups excluding carboxylic acids is 1. The predicted octanol–water partition coefficient (Wildman–Crippen LogP) is 3.80. The predicted molar refractivity (Wildman–Crippen MR) is 92.6 cm³/mol. The van der Waals surface area contributed by atoms with E-state index >= 15 is 0 Å². The summed E-state index contributed by atoms with van der Waals surface area (Å²) in [6.07, 6.45) is 2.66. The van der Waals surface area contributed by atoms with Crippen molar-refractivity contribution in [1.82, 2.24) is 0 Å². The largest absolute Gasteiger partial charge is 0.393 e. The summed E-state index contributed by atoms with van der Waals surface area (Å²) in [6, 6.07) is -0.285. The van der Waals surface area contributed by atoms with E-state index in [1.165, 1.54) is 6.26 Å². The molecule has 0 amide bonds. The molecule has 0 fully saturated rings. The van der Waals surface area contributed by atoms with Crippen molar-refractivity contribution in [2.45, 2.75) is 66.0 Å². The molecule has 0 bridgehead atoms. The van der Waals surface area contributed by atoms with Gasteiger partial charge >= 0.3 is 5.97 Å². The summed E-state index contributed by atoms with van der Waals surface area (Å²) >= 11 is 0. The molecule has 0 spiro atoms. The zero-order valence-corrected chi connectivity index (χ0v) is 15.4. The molecule has 6 nitrogen and oxygen atoms in total. The molecule has 24 heavy (non-hydrogen) atoms. The molecule has 0 aromatic heterocycles. The van der Waals surface area contributed by atoms with Gasteiger partial charge in [0, 0.05) is 5.57 Å². The van der Waals surface area contributed by atoms with Gasteiger partial charge in [0.15, 0.2) is 0 Å². The van der Waals surface area contributed by atoms with Crippen LogP contribution >= 0.6 is 0 Å². The molecule has 0 radical (unpaired) electrons. The van der Waals surface area contributed by atoms with E-state index in [0.29, 0.717) is 12.8 Å². The third-order valence-electron chi connectivity index (χ3n) is 4.76. The van der Waals surface area contributed by atoms with Gasteiger partial charge in [-0.15, -0.1) is 5.26 Å². The molecule has 136 valence electrons. The summed E-state index contributed by atoms with van der Waals surface area (Å²) in [5, 5.41) is 21.9. The fraction of sp³-hybridized carbons (Fsp3) is 0.778. The van der Waals surface area contributed by atoms with Crippen molar-refractivity contribution in [3.05, 3.63) is 17.1 Å². The molecule has 4 unspecified atom stereocenters. The van der Waals surface area contributed by atoms with Crippen LogP contribution < -0.4 is 0 Å². The van der Waals surface area contributed by atoms with Gasteiger partial charge in [-0.25, -0.2) is 4.79 Å². The Morgan fingerprint density at radius 2 is 1.88 bits per heavy atom. The quantitative estimate of drug-likeness (QED) is 0.267. The molecule has 0 rings (SSSR count). The van der Waals surface area contributed by atoms with Crippen LogP contribution in [-0.4, -0.2) is 23.2 Å². The highest BCUT2D eigenvalue weighted by molar-refractivity contribution is 5.89. The van der Waals surface area contributed by atoms with E-state index in [4.69, 9.17) is 5.26 Å². The van der Waals surface area contributed by atoms with Crippen molar-refractivity contribution in [3.8, 4) is 6.26 Å². The van der Waals surface area contributed by atoms with Gasteiger partial charge < -0.3 is 9.84 Å². The molecule has 0 aromatic carbocycles. The number of aliphatic hydroxyl groups is 1. The molecule has 0 saturated heterocycles. The van der Waals surface area contributed by atoms with E-state index in [1.54, 1.807) is 13.8 Å². The Hall–Kier alpha value is -1.74. The lowest BCUT2D eigenvalue weighted by molar-refractivity contribution is -0.133. The first-order chi connectivity index (χ1) is 11.2. The van der Waals surface area contributed by atoms with E-state index < -0.39 is 12.1 Å². The summed E-state index contributed by atoms with van der Waals surface area (Å²) in [7, 11) is 0. The van der Waals surface area contributed by atoms with E-state index in [0.717, 1.165) is 6.42 Å². The van der Waals surface area contributed by atoms with Crippen LogP contribution in [-0.2, 0) is 9.53 Å². The van der Waals surface area contributed by atoms with Crippen molar-refractivity contribution in [3.63, 3.8) is 0 Å². The van der Waals surface area contributed by atoms with Crippen LogP contribution in [0.2, 0.25) is 0 Å². The number of esters is 1. The van der Waals surface area contributed by atoms with Crippen LogP contribution in [0.5, 0.6) is 0 Å². The maximum Gasteiger partial charge on any atom is 0.349 e. The highest BCUT2D eigenvalue weighted by Crippen LogP contribution is 2.39. The molecule has 0 aromatic rings. The Balaban J connectivity index is 5.50. The second-order valence-corrected chi connectivity index (χ2v) is 6.78. The van der Waals surface area contributed by atoms with Gasteiger partial charge in [0.05, 0.1) is 12.1 Å². The van der Waals surface area contributed by atoms with Crippen molar-refractivity contribution in [1.29, 1.82) is 5.26 Å². The molecule has 5 atom stereocenters. The third kappa shape index (κ3) is 6.40. The normalized spacial score (nSPS) is 17.2. The number of nitriles is 1. The fourth-order valence-corrected chi connectivity index (χ4v) is 3.46. The number of rotatable bonds is 11. The van der Waals surface area contributed by atoms with Crippen molar-refractivity contribution < 1.29 is 14.6 Å². The summed E-state index contributed by atoms with van der Waals surface area (Å²) in [5.74, 6) is -0.922. The first-order valence-corrected chi connectivity index (χ1v) is 8.50. The van der Waals surface area contributed by atoms with E-state index in [-0.39, 0.29) is 35.3 Å². The number of ether oxygens (including phenoxy) is 1. The summed E-state index contributed by atoms with van der Waals surface area (Å²) < 4.78 is 4.40. The molecule has 0 aliphatic carbocycles. The number of hydrogen-bond donors (Lipinski definition) is 1. The molecule has 0 aliphatic heterocycles.